The van der Waals surface area contributed by atoms with Crippen LogP contribution in [-0.4, -0.2) is 18.3 Å². The second-order valence-electron chi connectivity index (χ2n) is 1.31. The van der Waals surface area contributed by atoms with Gasteiger partial charge in [0.25, 0.3) is 0 Å². The van der Waals surface area contributed by atoms with E-state index in [4.69, 9.17) is 11.6 Å². The number of carbonyl (C=O) groups excluding carboxylic acids is 1. The molecule has 0 fully saturated rings. The standard InChI is InChI=1S/C4H8ClNO/c1-4(5)2-6-3-7/h3-4H,2H2,1H3,(H,6,7)/t4-/m1/s1. The topological polar surface area (TPSA) is 29.1 Å². The predicted molar refractivity (Wildman–Crippen MR) is 29.4 cm³/mol. The minimum absolute atomic E-state index is 0.0326. The van der Waals surface area contributed by atoms with Gasteiger partial charge in [0.1, 0.15) is 0 Å². The summed E-state index contributed by atoms with van der Waals surface area (Å²) in [4.78, 5) is 9.54. The van der Waals surface area contributed by atoms with Gasteiger partial charge in [-0.25, -0.2) is 0 Å². The Kier molecular flexibility index (Phi) is 3.80. The molecule has 0 spiro atoms. The number of hydrogen-bond donors (Lipinski definition) is 1. The lowest BCUT2D eigenvalue weighted by Crippen LogP contribution is -2.18. The molecule has 7 heavy (non-hydrogen) atoms. The molecule has 0 rings (SSSR count). The van der Waals surface area contributed by atoms with Crippen LogP contribution < -0.4 is 5.32 Å². The number of rotatable bonds is 3. The molecule has 0 aliphatic rings. The second kappa shape index (κ2) is 3.93. The van der Waals surface area contributed by atoms with E-state index in [0.29, 0.717) is 13.0 Å². The van der Waals surface area contributed by atoms with E-state index < -0.39 is 0 Å². The highest BCUT2D eigenvalue weighted by Gasteiger charge is 1.89. The fraction of sp³-hybridized carbons (Fsp3) is 0.750. The first-order valence-electron chi connectivity index (χ1n) is 2.08. The zero-order valence-corrected chi connectivity index (χ0v) is 4.90. The normalized spacial score (nSPS) is 12.9. The summed E-state index contributed by atoms with van der Waals surface area (Å²) in [5.74, 6) is 0. The highest BCUT2D eigenvalue weighted by Crippen LogP contribution is 1.87. The molecule has 0 aliphatic heterocycles. The molecule has 42 valence electrons. The Bertz CT molecular complexity index is 55.7. The molecular formula is C4H8ClNO. The second-order valence-corrected chi connectivity index (χ2v) is 2.05. The summed E-state index contributed by atoms with van der Waals surface area (Å²) >= 11 is 5.44. The van der Waals surface area contributed by atoms with Gasteiger partial charge in [-0.2, -0.15) is 0 Å². The van der Waals surface area contributed by atoms with Crippen LogP contribution in [0.3, 0.4) is 0 Å². The van der Waals surface area contributed by atoms with Crippen molar-refractivity contribution in [1.29, 1.82) is 0 Å². The molecule has 0 saturated heterocycles. The Hall–Kier alpha value is -0.240. The quantitative estimate of drug-likeness (QED) is 0.424. The van der Waals surface area contributed by atoms with Crippen LogP contribution >= 0.6 is 11.6 Å². The van der Waals surface area contributed by atoms with Crippen LogP contribution in [0, 0.1) is 0 Å². The van der Waals surface area contributed by atoms with E-state index >= 15 is 0 Å². The van der Waals surface area contributed by atoms with Crippen molar-refractivity contribution >= 4 is 18.0 Å². The fourth-order valence-electron chi connectivity index (χ4n) is 0.211. The van der Waals surface area contributed by atoms with Crippen LogP contribution in [0.5, 0.6) is 0 Å². The molecule has 1 N–H and O–H groups in total. The van der Waals surface area contributed by atoms with E-state index in [-0.39, 0.29) is 5.38 Å². The van der Waals surface area contributed by atoms with Gasteiger partial charge in [0.2, 0.25) is 6.41 Å². The maximum Gasteiger partial charge on any atom is 0.207 e. The molecule has 0 aliphatic carbocycles. The Balaban J connectivity index is 2.81. The van der Waals surface area contributed by atoms with Crippen molar-refractivity contribution < 1.29 is 4.79 Å². The van der Waals surface area contributed by atoms with Crippen LogP contribution in [0.4, 0.5) is 0 Å². The van der Waals surface area contributed by atoms with E-state index in [1.807, 2.05) is 6.92 Å². The maximum absolute atomic E-state index is 9.54. The summed E-state index contributed by atoms with van der Waals surface area (Å²) in [6.45, 7) is 2.36. The molecule has 1 amide bonds. The lowest BCUT2D eigenvalue weighted by molar-refractivity contribution is -0.109. The molecule has 1 atom stereocenters. The van der Waals surface area contributed by atoms with E-state index in [0.717, 1.165) is 0 Å². The van der Waals surface area contributed by atoms with E-state index in [1.165, 1.54) is 0 Å². The highest BCUT2D eigenvalue weighted by molar-refractivity contribution is 6.20. The summed E-state index contributed by atoms with van der Waals surface area (Å²) in [5.41, 5.74) is 0. The molecule has 0 saturated carbocycles. The smallest absolute Gasteiger partial charge is 0.207 e. The Morgan fingerprint density at radius 3 is 2.71 bits per heavy atom. The molecule has 0 aromatic heterocycles. The average Bonchev–Trinajstić information content (AvgIpc) is 1.61. The molecular weight excluding hydrogens is 114 g/mol. The van der Waals surface area contributed by atoms with Crippen molar-refractivity contribution in [1.82, 2.24) is 5.32 Å². The summed E-state index contributed by atoms with van der Waals surface area (Å²) in [7, 11) is 0. The monoisotopic (exact) mass is 121 g/mol. The Morgan fingerprint density at radius 1 is 2.00 bits per heavy atom. The van der Waals surface area contributed by atoms with Crippen molar-refractivity contribution in [3.8, 4) is 0 Å². The van der Waals surface area contributed by atoms with Gasteiger partial charge in [-0.3, -0.25) is 4.79 Å². The van der Waals surface area contributed by atoms with Crippen LogP contribution in [0.2, 0.25) is 0 Å². The number of hydrogen-bond acceptors (Lipinski definition) is 1. The van der Waals surface area contributed by atoms with E-state index in [2.05, 4.69) is 5.32 Å². The molecule has 0 aromatic rings. The summed E-state index contributed by atoms with van der Waals surface area (Å²) in [6, 6.07) is 0. The van der Waals surface area contributed by atoms with Gasteiger partial charge in [0, 0.05) is 11.9 Å². The van der Waals surface area contributed by atoms with Crippen molar-refractivity contribution in [3.05, 3.63) is 0 Å². The largest absolute Gasteiger partial charge is 0.357 e. The van der Waals surface area contributed by atoms with Gasteiger partial charge >= 0.3 is 0 Å². The minimum atomic E-state index is 0.0326. The summed E-state index contributed by atoms with van der Waals surface area (Å²) < 4.78 is 0. The zero-order chi connectivity index (χ0) is 5.70. The van der Waals surface area contributed by atoms with Crippen molar-refractivity contribution in [2.45, 2.75) is 12.3 Å². The molecule has 0 heterocycles. The first-order valence-corrected chi connectivity index (χ1v) is 2.52. The van der Waals surface area contributed by atoms with Crippen LogP contribution in [0.25, 0.3) is 0 Å². The van der Waals surface area contributed by atoms with E-state index in [9.17, 15) is 4.79 Å². The van der Waals surface area contributed by atoms with Gasteiger partial charge in [0.05, 0.1) is 0 Å². The number of alkyl halides is 1. The first-order chi connectivity index (χ1) is 3.27. The molecule has 0 bridgehead atoms. The molecule has 3 heteroatoms. The van der Waals surface area contributed by atoms with Gasteiger partial charge in [-0.05, 0) is 6.92 Å². The minimum Gasteiger partial charge on any atom is -0.357 e. The number of nitrogens with one attached hydrogen (secondary N) is 1. The van der Waals surface area contributed by atoms with Crippen molar-refractivity contribution in [3.63, 3.8) is 0 Å². The predicted octanol–water partition coefficient (Wildman–Crippen LogP) is 0.360. The Morgan fingerprint density at radius 2 is 2.57 bits per heavy atom. The number of amides is 1. The van der Waals surface area contributed by atoms with Gasteiger partial charge in [-0.15, -0.1) is 11.6 Å². The summed E-state index contributed by atoms with van der Waals surface area (Å²) in [6.07, 6.45) is 0.638. The average molecular weight is 122 g/mol. The zero-order valence-electron chi connectivity index (χ0n) is 4.15. The Labute approximate surface area is 47.8 Å². The molecule has 0 aromatic carbocycles. The SMILES string of the molecule is C[C@@H](Cl)CNC=O. The maximum atomic E-state index is 9.54. The van der Waals surface area contributed by atoms with Crippen molar-refractivity contribution in [2.24, 2.45) is 0 Å². The van der Waals surface area contributed by atoms with Crippen molar-refractivity contribution in [2.75, 3.05) is 6.54 Å². The lowest BCUT2D eigenvalue weighted by Gasteiger charge is -1.96. The van der Waals surface area contributed by atoms with Crippen LogP contribution in [0.1, 0.15) is 6.92 Å². The van der Waals surface area contributed by atoms with Crippen LogP contribution in [0.15, 0.2) is 0 Å². The lowest BCUT2D eigenvalue weighted by atomic mass is 10.5. The molecule has 2 nitrogen and oxygen atoms in total. The van der Waals surface area contributed by atoms with Crippen LogP contribution in [-0.2, 0) is 4.79 Å². The third-order valence-electron chi connectivity index (χ3n) is 0.482. The molecule has 0 radical (unpaired) electrons. The number of carbonyl (C=O) groups is 1. The fourth-order valence-corrected chi connectivity index (χ4v) is 0.300. The number of halogens is 1. The first kappa shape index (κ1) is 6.76. The third-order valence-corrected chi connectivity index (χ3v) is 0.637. The van der Waals surface area contributed by atoms with Gasteiger partial charge in [0.15, 0.2) is 0 Å². The highest BCUT2D eigenvalue weighted by atomic mass is 35.5. The van der Waals surface area contributed by atoms with E-state index in [1.54, 1.807) is 0 Å². The third kappa shape index (κ3) is 5.76. The molecule has 0 unspecified atom stereocenters. The van der Waals surface area contributed by atoms with Gasteiger partial charge in [-0.1, -0.05) is 0 Å². The van der Waals surface area contributed by atoms with Gasteiger partial charge < -0.3 is 5.32 Å². The summed E-state index contributed by atoms with van der Waals surface area (Å²) in [5, 5.41) is 2.47.